The number of nitrogens with zero attached hydrogens (tertiary/aromatic N) is 3. The van der Waals surface area contributed by atoms with Gasteiger partial charge in [0.05, 0.1) is 5.56 Å². The van der Waals surface area contributed by atoms with Gasteiger partial charge in [0, 0.05) is 36.7 Å². The van der Waals surface area contributed by atoms with Crippen molar-refractivity contribution in [1.82, 2.24) is 15.0 Å². The van der Waals surface area contributed by atoms with E-state index in [1.165, 1.54) is 12.1 Å². The third-order valence-electron chi connectivity index (χ3n) is 7.73. The Morgan fingerprint density at radius 3 is 2.46 bits per heavy atom. The first kappa shape index (κ1) is 26.7. The zero-order chi connectivity index (χ0) is 27.5. The second kappa shape index (κ2) is 11.5. The Balaban J connectivity index is 1.36. The monoisotopic (exact) mass is 530 g/mol. The maximum atomic E-state index is 14.5. The number of Topliss-reactive ketones (excluding diaryl/α,β-unsaturated/α-hetero) is 1. The van der Waals surface area contributed by atoms with Crippen LogP contribution < -0.4 is 5.73 Å². The van der Waals surface area contributed by atoms with Gasteiger partial charge in [-0.3, -0.25) is 14.8 Å². The molecule has 5 nitrogen and oxygen atoms in total. The summed E-state index contributed by atoms with van der Waals surface area (Å²) in [7, 11) is 0. The van der Waals surface area contributed by atoms with Crippen LogP contribution in [0.5, 0.6) is 0 Å². The number of aromatic nitrogens is 3. The number of halogens is 3. The second-order valence-corrected chi connectivity index (χ2v) is 10.3. The highest BCUT2D eigenvalue weighted by Gasteiger charge is 2.35. The van der Waals surface area contributed by atoms with Crippen molar-refractivity contribution in [2.24, 2.45) is 17.6 Å². The fraction of sp³-hybridized carbons (Fsp3) is 0.290. The average molecular weight is 531 g/mol. The summed E-state index contributed by atoms with van der Waals surface area (Å²) < 4.78 is 43.2. The second-order valence-electron chi connectivity index (χ2n) is 10.3. The zero-order valence-corrected chi connectivity index (χ0v) is 21.5. The van der Waals surface area contributed by atoms with E-state index in [-0.39, 0.29) is 24.1 Å². The maximum Gasteiger partial charge on any atom is 0.185 e. The van der Waals surface area contributed by atoms with E-state index in [0.717, 1.165) is 54.3 Å². The fourth-order valence-corrected chi connectivity index (χ4v) is 5.76. The van der Waals surface area contributed by atoms with Gasteiger partial charge in [0.25, 0.3) is 0 Å². The minimum atomic E-state index is -0.954. The van der Waals surface area contributed by atoms with Gasteiger partial charge in [-0.2, -0.15) is 0 Å². The van der Waals surface area contributed by atoms with Crippen LogP contribution >= 0.6 is 0 Å². The lowest BCUT2D eigenvalue weighted by Crippen LogP contribution is -2.42. The molecule has 1 aliphatic rings. The number of rotatable bonds is 7. The van der Waals surface area contributed by atoms with Crippen LogP contribution in [0.25, 0.3) is 11.3 Å². The molecule has 0 spiro atoms. The molecule has 4 aromatic rings. The number of benzene rings is 1. The predicted molar refractivity (Wildman–Crippen MR) is 142 cm³/mol. The molecule has 0 amide bonds. The quantitative estimate of drug-likeness (QED) is 0.293. The Morgan fingerprint density at radius 1 is 0.949 bits per heavy atom. The summed E-state index contributed by atoms with van der Waals surface area (Å²) in [5.74, 6) is -2.44. The van der Waals surface area contributed by atoms with Crippen molar-refractivity contribution in [2.45, 2.75) is 44.6 Å². The number of ketones is 1. The van der Waals surface area contributed by atoms with Crippen molar-refractivity contribution < 1.29 is 18.0 Å². The zero-order valence-electron chi connectivity index (χ0n) is 21.5. The predicted octanol–water partition coefficient (Wildman–Crippen LogP) is 6.08. The molecule has 4 atom stereocenters. The number of hydrogen-bond acceptors (Lipinski definition) is 5. The lowest BCUT2D eigenvalue weighted by Gasteiger charge is -2.39. The normalized spacial score (nSPS) is 21.1. The minimum absolute atomic E-state index is 0.0293. The van der Waals surface area contributed by atoms with Crippen LogP contribution in [0.3, 0.4) is 0 Å². The summed E-state index contributed by atoms with van der Waals surface area (Å²) in [4.78, 5) is 26.0. The van der Waals surface area contributed by atoms with Gasteiger partial charge in [0.15, 0.2) is 5.78 Å². The summed E-state index contributed by atoms with van der Waals surface area (Å²) >= 11 is 0. The molecule has 0 saturated heterocycles. The summed E-state index contributed by atoms with van der Waals surface area (Å²) in [5, 5.41) is 0. The summed E-state index contributed by atoms with van der Waals surface area (Å²) in [6.07, 6.45) is 7.61. The minimum Gasteiger partial charge on any atom is -0.327 e. The summed E-state index contributed by atoms with van der Waals surface area (Å²) in [6, 6.07) is 13.3. The van der Waals surface area contributed by atoms with E-state index >= 15 is 0 Å². The first-order valence-corrected chi connectivity index (χ1v) is 13.0. The number of carbonyl (C=O) groups is 1. The summed E-state index contributed by atoms with van der Waals surface area (Å²) in [5.41, 5.74) is 8.23. The van der Waals surface area contributed by atoms with E-state index in [4.69, 9.17) is 5.73 Å². The highest BCUT2D eigenvalue weighted by Crippen LogP contribution is 2.41. The molecule has 2 N–H and O–H groups in total. The van der Waals surface area contributed by atoms with E-state index in [1.54, 1.807) is 18.6 Å². The average Bonchev–Trinajstić information content (AvgIpc) is 2.92. The molecule has 1 saturated carbocycles. The Kier molecular flexibility index (Phi) is 7.84. The summed E-state index contributed by atoms with van der Waals surface area (Å²) in [6.45, 7) is 2.21. The number of carbonyl (C=O) groups excluding carboxylic acids is 1. The molecule has 200 valence electrons. The number of nitrogens with two attached hydrogens (primary N) is 1. The molecule has 3 heterocycles. The molecule has 1 fully saturated rings. The van der Waals surface area contributed by atoms with Crippen molar-refractivity contribution in [3.05, 3.63) is 113 Å². The molecule has 0 radical (unpaired) electrons. The van der Waals surface area contributed by atoms with E-state index in [2.05, 4.69) is 21.9 Å². The molecular formula is C31H29F3N4O. The third-order valence-corrected chi connectivity index (χ3v) is 7.73. The van der Waals surface area contributed by atoms with Crippen LogP contribution in [0.4, 0.5) is 13.2 Å². The van der Waals surface area contributed by atoms with Crippen molar-refractivity contribution in [2.75, 3.05) is 0 Å². The molecule has 1 aliphatic carbocycles. The van der Waals surface area contributed by atoms with Crippen LogP contribution in [0.1, 0.15) is 53.0 Å². The van der Waals surface area contributed by atoms with E-state index in [1.807, 2.05) is 24.3 Å². The molecule has 5 rings (SSSR count). The highest BCUT2D eigenvalue weighted by molar-refractivity contribution is 5.96. The largest absolute Gasteiger partial charge is 0.327 e. The Bertz CT molecular complexity index is 1450. The molecule has 0 bridgehead atoms. The van der Waals surface area contributed by atoms with Gasteiger partial charge in [-0.1, -0.05) is 19.1 Å². The standard InChI is InChI=1S/C31H29F3N4O/c1-18-13-19(14-27(35)23(18)16-21-5-2-3-11-37-21)22-10-12-36-17-20(22)15-29(39)28-9-8-26(34)31(38-28)30-24(32)6-4-7-25(30)33/h2-12,17-19,23,27H,13-16,35H2,1H3/t18-,19+,23-,27+/m1/s1. The molecular weight excluding hydrogens is 501 g/mol. The van der Waals surface area contributed by atoms with Gasteiger partial charge in [-0.25, -0.2) is 18.2 Å². The van der Waals surface area contributed by atoms with E-state index in [0.29, 0.717) is 11.8 Å². The van der Waals surface area contributed by atoms with Crippen LogP contribution in [-0.2, 0) is 12.8 Å². The van der Waals surface area contributed by atoms with Crippen LogP contribution in [-0.4, -0.2) is 26.8 Å². The van der Waals surface area contributed by atoms with Gasteiger partial charge in [-0.15, -0.1) is 0 Å². The Morgan fingerprint density at radius 2 is 1.74 bits per heavy atom. The van der Waals surface area contributed by atoms with Gasteiger partial charge in [0.2, 0.25) is 0 Å². The van der Waals surface area contributed by atoms with Crippen LogP contribution in [0.15, 0.2) is 73.2 Å². The SMILES string of the molecule is C[C@@H]1C[C@H](c2ccncc2CC(=O)c2ccc(F)c(-c3c(F)cccc3F)n2)C[C@H](N)[C@@H]1Cc1ccccn1. The first-order chi connectivity index (χ1) is 18.8. The smallest absolute Gasteiger partial charge is 0.185 e. The lowest BCUT2D eigenvalue weighted by atomic mass is 9.68. The topological polar surface area (TPSA) is 81.8 Å². The molecule has 8 heteroatoms. The van der Waals surface area contributed by atoms with Gasteiger partial charge in [-0.05, 0) is 90.6 Å². The number of hydrogen-bond donors (Lipinski definition) is 1. The van der Waals surface area contributed by atoms with E-state index in [9.17, 15) is 18.0 Å². The molecule has 0 aliphatic heterocycles. The lowest BCUT2D eigenvalue weighted by molar-refractivity contribution is 0.0987. The third kappa shape index (κ3) is 5.76. The van der Waals surface area contributed by atoms with Crippen molar-refractivity contribution >= 4 is 5.78 Å². The Hall–Kier alpha value is -3.91. The highest BCUT2D eigenvalue weighted by atomic mass is 19.1. The fourth-order valence-electron chi connectivity index (χ4n) is 5.76. The van der Waals surface area contributed by atoms with E-state index < -0.39 is 34.5 Å². The van der Waals surface area contributed by atoms with Crippen molar-refractivity contribution in [3.63, 3.8) is 0 Å². The maximum absolute atomic E-state index is 14.5. The molecule has 3 aromatic heterocycles. The van der Waals surface area contributed by atoms with Crippen LogP contribution in [0, 0.1) is 29.3 Å². The van der Waals surface area contributed by atoms with Crippen molar-refractivity contribution in [1.29, 1.82) is 0 Å². The molecule has 1 aromatic carbocycles. The Labute approximate surface area is 225 Å². The number of pyridine rings is 3. The molecule has 39 heavy (non-hydrogen) atoms. The first-order valence-electron chi connectivity index (χ1n) is 13.0. The molecule has 0 unspecified atom stereocenters. The van der Waals surface area contributed by atoms with Gasteiger partial charge >= 0.3 is 0 Å². The van der Waals surface area contributed by atoms with Gasteiger partial charge in [0.1, 0.15) is 28.8 Å². The van der Waals surface area contributed by atoms with Crippen molar-refractivity contribution in [3.8, 4) is 11.3 Å². The van der Waals surface area contributed by atoms with Gasteiger partial charge < -0.3 is 5.73 Å². The van der Waals surface area contributed by atoms with Crippen LogP contribution in [0.2, 0.25) is 0 Å².